The highest BCUT2D eigenvalue weighted by atomic mass is 79.9. The van der Waals surface area contributed by atoms with Crippen LogP contribution in [-0.4, -0.2) is 35.3 Å². The molecule has 102 valence electrons. The van der Waals surface area contributed by atoms with E-state index in [1.165, 1.54) is 0 Å². The normalized spacial score (nSPS) is 11.8. The number of rotatable bonds is 6. The molecule has 0 saturated carbocycles. The van der Waals surface area contributed by atoms with Gasteiger partial charge in [-0.05, 0) is 28.9 Å². The van der Waals surface area contributed by atoms with Crippen molar-refractivity contribution in [2.24, 2.45) is 0 Å². The van der Waals surface area contributed by atoms with Crippen molar-refractivity contribution in [2.75, 3.05) is 6.61 Å². The summed E-state index contributed by atoms with van der Waals surface area (Å²) in [4.78, 5) is 15.0. The predicted octanol–water partition coefficient (Wildman–Crippen LogP) is 2.96. The maximum Gasteiger partial charge on any atom is 0.372 e. The summed E-state index contributed by atoms with van der Waals surface area (Å²) in [6.45, 7) is 9.53. The van der Waals surface area contributed by atoms with E-state index >= 15 is 0 Å². The van der Waals surface area contributed by atoms with Crippen LogP contribution in [0.25, 0.3) is 0 Å². The van der Waals surface area contributed by atoms with Crippen molar-refractivity contribution in [2.45, 2.75) is 39.3 Å². The van der Waals surface area contributed by atoms with Crippen LogP contribution in [0.5, 0.6) is 0 Å². The highest BCUT2D eigenvalue weighted by molar-refractivity contribution is 9.10. The van der Waals surface area contributed by atoms with Gasteiger partial charge in [0.25, 0.3) is 0 Å². The van der Waals surface area contributed by atoms with Crippen molar-refractivity contribution < 1.29 is 14.6 Å². The van der Waals surface area contributed by atoms with Gasteiger partial charge in [-0.2, -0.15) is 0 Å². The molecule has 0 bridgehead atoms. The number of ether oxygens (including phenoxy) is 1. The molecule has 0 spiro atoms. The third-order valence-electron chi connectivity index (χ3n) is 2.57. The lowest BCUT2D eigenvalue weighted by Gasteiger charge is -2.16. The summed E-state index contributed by atoms with van der Waals surface area (Å²) in [7, 11) is -1.11. The average molecular weight is 335 g/mol. The minimum Gasteiger partial charge on any atom is -0.475 e. The number of halogens is 1. The average Bonchev–Trinajstić information content (AvgIpc) is 2.50. The Balaban J connectivity index is 2.64. The quantitative estimate of drug-likeness (QED) is 0.641. The SMILES string of the molecule is Cc1c(Br)nc(C(=O)O)n1COCC[Si](C)(C)C. The Kier molecular flexibility index (Phi) is 5.12. The van der Waals surface area contributed by atoms with Gasteiger partial charge in [-0.25, -0.2) is 9.78 Å². The zero-order valence-corrected chi connectivity index (χ0v) is 13.7. The van der Waals surface area contributed by atoms with E-state index in [1.807, 2.05) is 6.92 Å². The number of hydrogen-bond donors (Lipinski definition) is 1. The molecule has 0 aliphatic rings. The summed E-state index contributed by atoms with van der Waals surface area (Å²) < 4.78 is 7.67. The fourth-order valence-electron chi connectivity index (χ4n) is 1.36. The Bertz CT molecular complexity index is 440. The number of nitrogens with zero attached hydrogens (tertiary/aromatic N) is 2. The lowest BCUT2D eigenvalue weighted by atomic mass is 10.5. The maximum atomic E-state index is 11.0. The Morgan fingerprint density at radius 3 is 2.61 bits per heavy atom. The second-order valence-corrected chi connectivity index (χ2v) is 11.8. The number of carbonyl (C=O) groups is 1. The van der Waals surface area contributed by atoms with Crippen LogP contribution < -0.4 is 0 Å². The molecule has 0 amide bonds. The minimum atomic E-state index is -1.11. The molecule has 1 aromatic rings. The molecule has 0 saturated heterocycles. The number of hydrogen-bond acceptors (Lipinski definition) is 3. The number of imidazole rings is 1. The fourth-order valence-corrected chi connectivity index (χ4v) is 2.50. The monoisotopic (exact) mass is 334 g/mol. The van der Waals surface area contributed by atoms with Gasteiger partial charge in [0.15, 0.2) is 0 Å². The van der Waals surface area contributed by atoms with Gasteiger partial charge in [-0.1, -0.05) is 19.6 Å². The Morgan fingerprint density at radius 2 is 2.11 bits per heavy atom. The molecule has 0 radical (unpaired) electrons. The first-order valence-corrected chi connectivity index (χ1v) is 10.3. The molecule has 1 rings (SSSR count). The molecule has 7 heteroatoms. The van der Waals surface area contributed by atoms with Crippen LogP contribution in [0.15, 0.2) is 4.60 Å². The third kappa shape index (κ3) is 4.22. The molecular formula is C11H19BrN2O3Si. The molecule has 0 aliphatic heterocycles. The van der Waals surface area contributed by atoms with Gasteiger partial charge in [-0.3, -0.25) is 4.57 Å². The number of carboxylic acids is 1. The molecule has 1 aromatic heterocycles. The van der Waals surface area contributed by atoms with Crippen LogP contribution in [0.4, 0.5) is 0 Å². The molecule has 1 N–H and O–H groups in total. The van der Waals surface area contributed by atoms with E-state index in [2.05, 4.69) is 40.6 Å². The van der Waals surface area contributed by atoms with Crippen molar-refractivity contribution in [1.82, 2.24) is 9.55 Å². The zero-order valence-electron chi connectivity index (χ0n) is 11.2. The second kappa shape index (κ2) is 5.99. The molecule has 0 atom stereocenters. The van der Waals surface area contributed by atoms with E-state index in [4.69, 9.17) is 9.84 Å². The first-order chi connectivity index (χ1) is 8.22. The lowest BCUT2D eigenvalue weighted by Crippen LogP contribution is -2.22. The van der Waals surface area contributed by atoms with Gasteiger partial charge in [0.2, 0.25) is 5.82 Å². The lowest BCUT2D eigenvalue weighted by molar-refractivity contribution is 0.0609. The van der Waals surface area contributed by atoms with Crippen LogP contribution in [-0.2, 0) is 11.5 Å². The summed E-state index contributed by atoms with van der Waals surface area (Å²) >= 11 is 3.23. The molecular weight excluding hydrogens is 316 g/mol. The van der Waals surface area contributed by atoms with Gasteiger partial charge in [-0.15, -0.1) is 0 Å². The number of aromatic carboxylic acids is 1. The summed E-state index contributed by atoms with van der Waals surface area (Å²) in [6, 6.07) is 1.06. The van der Waals surface area contributed by atoms with E-state index in [1.54, 1.807) is 4.57 Å². The summed E-state index contributed by atoms with van der Waals surface area (Å²) in [6.07, 6.45) is 0. The van der Waals surface area contributed by atoms with E-state index in [9.17, 15) is 4.79 Å². The van der Waals surface area contributed by atoms with Gasteiger partial charge >= 0.3 is 5.97 Å². The highest BCUT2D eigenvalue weighted by Gasteiger charge is 2.18. The minimum absolute atomic E-state index is 0.00683. The van der Waals surface area contributed by atoms with Crippen molar-refractivity contribution >= 4 is 30.0 Å². The van der Waals surface area contributed by atoms with Crippen molar-refractivity contribution in [3.05, 3.63) is 16.1 Å². The molecule has 0 aliphatic carbocycles. The van der Waals surface area contributed by atoms with Crippen LogP contribution >= 0.6 is 15.9 Å². The molecule has 0 aromatic carbocycles. The van der Waals surface area contributed by atoms with E-state index in [-0.39, 0.29) is 12.6 Å². The van der Waals surface area contributed by atoms with Crippen LogP contribution in [0, 0.1) is 6.92 Å². The second-order valence-electron chi connectivity index (χ2n) is 5.39. The summed E-state index contributed by atoms with van der Waals surface area (Å²) in [5.74, 6) is -1.04. The zero-order chi connectivity index (χ0) is 13.9. The largest absolute Gasteiger partial charge is 0.475 e. The van der Waals surface area contributed by atoms with Crippen molar-refractivity contribution in [3.8, 4) is 0 Å². The molecule has 5 nitrogen and oxygen atoms in total. The first-order valence-electron chi connectivity index (χ1n) is 5.76. The molecule has 18 heavy (non-hydrogen) atoms. The predicted molar refractivity (Wildman–Crippen MR) is 75.7 cm³/mol. The van der Waals surface area contributed by atoms with E-state index < -0.39 is 14.0 Å². The summed E-state index contributed by atoms with van der Waals surface area (Å²) in [5.41, 5.74) is 0.764. The van der Waals surface area contributed by atoms with Gasteiger partial charge in [0.05, 0.1) is 5.69 Å². The van der Waals surface area contributed by atoms with Crippen LogP contribution in [0.1, 0.15) is 16.3 Å². The van der Waals surface area contributed by atoms with Gasteiger partial charge in [0.1, 0.15) is 11.3 Å². The summed E-state index contributed by atoms with van der Waals surface area (Å²) in [5, 5.41) is 9.04. The topological polar surface area (TPSA) is 64.3 Å². The standard InChI is InChI=1S/C11H19BrN2O3Si/c1-8-9(12)13-10(11(15)16)14(8)7-17-5-6-18(2,3)4/h5-7H2,1-4H3,(H,15,16). The van der Waals surface area contributed by atoms with E-state index in [0.29, 0.717) is 11.2 Å². The highest BCUT2D eigenvalue weighted by Crippen LogP contribution is 2.17. The maximum absolute atomic E-state index is 11.0. The first kappa shape index (κ1) is 15.4. The Labute approximate surface area is 116 Å². The molecule has 0 unspecified atom stereocenters. The Hall–Kier alpha value is -0.663. The molecule has 0 fully saturated rings. The van der Waals surface area contributed by atoms with Gasteiger partial charge in [0, 0.05) is 14.7 Å². The number of carboxylic acid groups (broad SMARTS) is 1. The van der Waals surface area contributed by atoms with Crippen molar-refractivity contribution in [3.63, 3.8) is 0 Å². The van der Waals surface area contributed by atoms with Crippen LogP contribution in [0.3, 0.4) is 0 Å². The van der Waals surface area contributed by atoms with Crippen molar-refractivity contribution in [1.29, 1.82) is 0 Å². The smallest absolute Gasteiger partial charge is 0.372 e. The Morgan fingerprint density at radius 1 is 1.50 bits per heavy atom. The third-order valence-corrected chi connectivity index (χ3v) is 5.03. The fraction of sp³-hybridized carbons (Fsp3) is 0.636. The molecule has 1 heterocycles. The number of aromatic nitrogens is 2. The van der Waals surface area contributed by atoms with Crippen LogP contribution in [0.2, 0.25) is 25.7 Å². The van der Waals surface area contributed by atoms with E-state index in [0.717, 1.165) is 11.7 Å². The van der Waals surface area contributed by atoms with Gasteiger partial charge < -0.3 is 9.84 Å².